The Morgan fingerprint density at radius 1 is 1.19 bits per heavy atom. The molecule has 2 aromatic heterocycles. The summed E-state index contributed by atoms with van der Waals surface area (Å²) in [7, 11) is 0. The number of carboxylic acids is 1. The first-order chi connectivity index (χ1) is 10.2. The van der Waals surface area contributed by atoms with Gasteiger partial charge in [-0.25, -0.2) is 14.8 Å². The predicted octanol–water partition coefficient (Wildman–Crippen LogP) is 3.76. The molecule has 0 radical (unpaired) electrons. The van der Waals surface area contributed by atoms with Crippen molar-refractivity contribution in [3.63, 3.8) is 0 Å². The van der Waals surface area contributed by atoms with Crippen LogP contribution in [0.25, 0.3) is 22.6 Å². The van der Waals surface area contributed by atoms with Crippen LogP contribution < -0.4 is 0 Å². The van der Waals surface area contributed by atoms with Crippen molar-refractivity contribution in [3.05, 3.63) is 59.7 Å². The van der Waals surface area contributed by atoms with E-state index in [4.69, 9.17) is 21.1 Å². The van der Waals surface area contributed by atoms with Crippen molar-refractivity contribution in [2.75, 3.05) is 0 Å². The Kier molecular flexibility index (Phi) is 3.41. The highest BCUT2D eigenvalue weighted by atomic mass is 35.5. The second-order valence-electron chi connectivity index (χ2n) is 4.21. The van der Waals surface area contributed by atoms with Crippen LogP contribution in [0.3, 0.4) is 0 Å². The maximum Gasteiger partial charge on any atom is 0.373 e. The minimum Gasteiger partial charge on any atom is -0.475 e. The topological polar surface area (TPSA) is 76.2 Å². The van der Waals surface area contributed by atoms with Crippen LogP contribution in [-0.2, 0) is 0 Å². The first kappa shape index (κ1) is 13.3. The lowest BCUT2D eigenvalue weighted by molar-refractivity contribution is 0.0683. The first-order valence-electron chi connectivity index (χ1n) is 6.06. The van der Waals surface area contributed by atoms with E-state index in [-0.39, 0.29) is 5.82 Å². The van der Waals surface area contributed by atoms with Gasteiger partial charge >= 0.3 is 5.97 Å². The van der Waals surface area contributed by atoms with Crippen LogP contribution in [0, 0.1) is 0 Å². The third-order valence-electron chi connectivity index (χ3n) is 2.90. The van der Waals surface area contributed by atoms with Crippen molar-refractivity contribution in [3.8, 4) is 22.6 Å². The van der Waals surface area contributed by atoms with Crippen LogP contribution in [0.4, 0.5) is 0 Å². The van der Waals surface area contributed by atoms with E-state index in [1.807, 2.05) is 0 Å². The molecule has 0 saturated heterocycles. The van der Waals surface area contributed by atoms with E-state index in [0.717, 1.165) is 0 Å². The van der Waals surface area contributed by atoms with Gasteiger partial charge < -0.3 is 9.52 Å². The van der Waals surface area contributed by atoms with Crippen molar-refractivity contribution in [1.82, 2.24) is 9.97 Å². The Morgan fingerprint density at radius 2 is 2.05 bits per heavy atom. The first-order valence-corrected chi connectivity index (χ1v) is 6.43. The fourth-order valence-corrected chi connectivity index (χ4v) is 2.29. The van der Waals surface area contributed by atoms with E-state index < -0.39 is 5.97 Å². The molecule has 6 heteroatoms. The van der Waals surface area contributed by atoms with E-state index in [0.29, 0.717) is 27.6 Å². The molecule has 0 atom stereocenters. The lowest BCUT2D eigenvalue weighted by Crippen LogP contribution is -2.04. The molecule has 0 aliphatic rings. The molecule has 2 heterocycles. The molecule has 0 aliphatic heterocycles. The highest BCUT2D eigenvalue weighted by molar-refractivity contribution is 6.34. The molecule has 0 bridgehead atoms. The maximum absolute atomic E-state index is 11.0. The lowest BCUT2D eigenvalue weighted by atomic mass is 10.0. The molecule has 0 saturated carbocycles. The number of aromatic nitrogens is 2. The molecular weight excluding hydrogens is 292 g/mol. The third-order valence-corrected chi connectivity index (χ3v) is 3.22. The van der Waals surface area contributed by atoms with E-state index >= 15 is 0 Å². The summed E-state index contributed by atoms with van der Waals surface area (Å²) >= 11 is 6.25. The van der Waals surface area contributed by atoms with Gasteiger partial charge in [0.15, 0.2) is 0 Å². The van der Waals surface area contributed by atoms with Crippen LogP contribution in [0.1, 0.15) is 10.6 Å². The number of aromatic carboxylic acids is 1. The maximum atomic E-state index is 11.0. The van der Waals surface area contributed by atoms with Gasteiger partial charge in [-0.3, -0.25) is 0 Å². The van der Waals surface area contributed by atoms with Crippen molar-refractivity contribution in [2.45, 2.75) is 0 Å². The van der Waals surface area contributed by atoms with Crippen molar-refractivity contribution in [2.24, 2.45) is 0 Å². The molecule has 3 rings (SSSR count). The van der Waals surface area contributed by atoms with Gasteiger partial charge in [-0.15, -0.1) is 0 Å². The van der Waals surface area contributed by atoms with Crippen molar-refractivity contribution >= 4 is 17.6 Å². The smallest absolute Gasteiger partial charge is 0.373 e. The zero-order valence-corrected chi connectivity index (χ0v) is 11.4. The minimum absolute atomic E-state index is 0.266. The summed E-state index contributed by atoms with van der Waals surface area (Å²) in [5, 5.41) is 9.49. The van der Waals surface area contributed by atoms with E-state index in [1.165, 1.54) is 6.20 Å². The molecule has 0 aliphatic carbocycles. The summed E-state index contributed by atoms with van der Waals surface area (Å²) in [5.41, 5.74) is 1.82. The van der Waals surface area contributed by atoms with Gasteiger partial charge in [0.2, 0.25) is 5.82 Å². The highest BCUT2D eigenvalue weighted by Gasteiger charge is 2.16. The standard InChI is InChI=1S/C15H9ClN2O3/c16-10-4-1-3-9(13(10)12-5-2-8-21-12)11-6-7-17-14(18-11)15(19)20/h1-8H,(H,19,20). The van der Waals surface area contributed by atoms with Gasteiger partial charge in [0.05, 0.1) is 17.0 Å². The molecule has 1 N–H and O–H groups in total. The zero-order valence-electron chi connectivity index (χ0n) is 10.7. The molecule has 3 aromatic rings. The molecule has 0 amide bonds. The quantitative estimate of drug-likeness (QED) is 0.797. The number of nitrogens with zero attached hydrogens (tertiary/aromatic N) is 2. The number of halogens is 1. The Hall–Kier alpha value is -2.66. The van der Waals surface area contributed by atoms with Crippen molar-refractivity contribution < 1.29 is 14.3 Å². The third kappa shape index (κ3) is 2.51. The molecule has 5 nitrogen and oxygen atoms in total. The van der Waals surface area contributed by atoms with Gasteiger partial charge in [-0.05, 0) is 24.3 Å². The molecule has 104 valence electrons. The Balaban J connectivity index is 2.22. The van der Waals surface area contributed by atoms with Gasteiger partial charge in [0.25, 0.3) is 0 Å². The summed E-state index contributed by atoms with van der Waals surface area (Å²) in [4.78, 5) is 18.8. The number of carboxylic acid groups (broad SMARTS) is 1. The highest BCUT2D eigenvalue weighted by Crippen LogP contribution is 2.36. The zero-order chi connectivity index (χ0) is 14.8. The van der Waals surface area contributed by atoms with Crippen LogP contribution >= 0.6 is 11.6 Å². The van der Waals surface area contributed by atoms with Gasteiger partial charge in [0, 0.05) is 17.3 Å². The SMILES string of the molecule is O=C(O)c1nccc(-c2cccc(Cl)c2-c2ccco2)n1. The van der Waals surface area contributed by atoms with Crippen molar-refractivity contribution in [1.29, 1.82) is 0 Å². The Bertz CT molecular complexity index is 800. The van der Waals surface area contributed by atoms with Crippen LogP contribution in [0.5, 0.6) is 0 Å². The number of benzene rings is 1. The average Bonchev–Trinajstić information content (AvgIpc) is 3.01. The molecule has 0 unspecified atom stereocenters. The second kappa shape index (κ2) is 5.38. The van der Waals surface area contributed by atoms with Crippen LogP contribution in [-0.4, -0.2) is 21.0 Å². The van der Waals surface area contributed by atoms with Gasteiger partial charge in [-0.2, -0.15) is 0 Å². The molecule has 1 aromatic carbocycles. The molecule has 21 heavy (non-hydrogen) atoms. The summed E-state index contributed by atoms with van der Waals surface area (Å²) in [6.07, 6.45) is 2.95. The number of rotatable bonds is 3. The van der Waals surface area contributed by atoms with Crippen LogP contribution in [0.15, 0.2) is 53.3 Å². The fourth-order valence-electron chi connectivity index (χ4n) is 2.02. The predicted molar refractivity (Wildman–Crippen MR) is 77.1 cm³/mol. The number of carbonyl (C=O) groups is 1. The summed E-state index contributed by atoms with van der Waals surface area (Å²) < 4.78 is 5.40. The van der Waals surface area contributed by atoms with Crippen LogP contribution in [0.2, 0.25) is 5.02 Å². The number of hydrogen-bond donors (Lipinski definition) is 1. The number of hydrogen-bond acceptors (Lipinski definition) is 4. The molecule has 0 spiro atoms. The molecule has 0 fully saturated rings. The van der Waals surface area contributed by atoms with Gasteiger partial charge in [0.1, 0.15) is 5.76 Å². The molecular formula is C15H9ClN2O3. The minimum atomic E-state index is -1.18. The Morgan fingerprint density at radius 3 is 2.76 bits per heavy atom. The summed E-state index contributed by atoms with van der Waals surface area (Å²) in [6.45, 7) is 0. The van der Waals surface area contributed by atoms with E-state index in [2.05, 4.69) is 9.97 Å². The van der Waals surface area contributed by atoms with E-state index in [9.17, 15) is 4.79 Å². The lowest BCUT2D eigenvalue weighted by Gasteiger charge is -2.09. The van der Waals surface area contributed by atoms with Gasteiger partial charge in [-0.1, -0.05) is 23.7 Å². The number of furan rings is 1. The summed E-state index contributed by atoms with van der Waals surface area (Å²) in [6, 6.07) is 10.5. The normalized spacial score (nSPS) is 10.5. The fraction of sp³-hybridized carbons (Fsp3) is 0. The monoisotopic (exact) mass is 300 g/mol. The summed E-state index contributed by atoms with van der Waals surface area (Å²) in [5.74, 6) is -0.859. The Labute approximate surface area is 124 Å². The second-order valence-corrected chi connectivity index (χ2v) is 4.62. The largest absolute Gasteiger partial charge is 0.475 e. The van der Waals surface area contributed by atoms with E-state index in [1.54, 1.807) is 42.7 Å². The average molecular weight is 301 g/mol.